The summed E-state index contributed by atoms with van der Waals surface area (Å²) in [4.78, 5) is 10.8. The molecular formula is C10H13NO6S2. The molecule has 2 N–H and O–H groups in total. The van der Waals surface area contributed by atoms with Crippen LogP contribution in [-0.4, -0.2) is 46.0 Å². The molecule has 0 amide bonds. The van der Waals surface area contributed by atoms with Crippen LogP contribution >= 0.6 is 0 Å². The smallest absolute Gasteiger partial charge is 0.322 e. The lowest BCUT2D eigenvalue weighted by atomic mass is 10.4. The Labute approximate surface area is 111 Å². The van der Waals surface area contributed by atoms with Gasteiger partial charge in [-0.15, -0.1) is 0 Å². The zero-order valence-corrected chi connectivity index (χ0v) is 11.6. The van der Waals surface area contributed by atoms with Gasteiger partial charge in [-0.3, -0.25) is 4.79 Å². The summed E-state index contributed by atoms with van der Waals surface area (Å²) >= 11 is 0. The van der Waals surface area contributed by atoms with E-state index in [0.29, 0.717) is 0 Å². The van der Waals surface area contributed by atoms with Crippen molar-refractivity contribution in [2.24, 2.45) is 0 Å². The molecule has 0 aliphatic rings. The van der Waals surface area contributed by atoms with Crippen LogP contribution in [-0.2, 0) is 24.7 Å². The largest absolute Gasteiger partial charge is 0.480 e. The molecule has 1 rings (SSSR count). The second kappa shape index (κ2) is 5.68. The number of nitrogens with one attached hydrogen (secondary N) is 1. The summed E-state index contributed by atoms with van der Waals surface area (Å²) in [6, 6.07) is 5.38. The average Bonchev–Trinajstić information content (AvgIpc) is 2.27. The Kier molecular flexibility index (Phi) is 4.66. The van der Waals surface area contributed by atoms with E-state index < -0.39 is 37.6 Å². The van der Waals surface area contributed by atoms with Crippen LogP contribution in [0.4, 0.5) is 0 Å². The number of sulfone groups is 1. The number of aliphatic carboxylic acids is 1. The highest BCUT2D eigenvalue weighted by atomic mass is 32.2. The minimum atomic E-state index is -4.07. The van der Waals surface area contributed by atoms with Crippen molar-refractivity contribution in [3.05, 3.63) is 30.3 Å². The Morgan fingerprint density at radius 2 is 1.74 bits per heavy atom. The maximum Gasteiger partial charge on any atom is 0.322 e. The Hall–Kier alpha value is -1.45. The fraction of sp³-hybridized carbons (Fsp3) is 0.300. The van der Waals surface area contributed by atoms with Gasteiger partial charge in [0.1, 0.15) is 15.9 Å². The van der Waals surface area contributed by atoms with Gasteiger partial charge in [-0.1, -0.05) is 18.2 Å². The van der Waals surface area contributed by atoms with Crippen molar-refractivity contribution < 1.29 is 26.7 Å². The number of carboxylic acids is 1. The van der Waals surface area contributed by atoms with Crippen molar-refractivity contribution in [2.45, 2.75) is 10.9 Å². The SMILES string of the molecule is CS(=O)(=O)CC(NS(=O)(=O)c1ccccc1)C(=O)O. The van der Waals surface area contributed by atoms with Gasteiger partial charge in [0.15, 0.2) is 0 Å². The molecule has 9 heteroatoms. The van der Waals surface area contributed by atoms with Crippen LogP contribution in [0.3, 0.4) is 0 Å². The molecular weight excluding hydrogens is 294 g/mol. The predicted octanol–water partition coefficient (Wildman–Crippen LogP) is -0.537. The molecule has 0 bridgehead atoms. The highest BCUT2D eigenvalue weighted by molar-refractivity contribution is 7.91. The first-order valence-corrected chi connectivity index (χ1v) is 8.64. The molecule has 0 radical (unpaired) electrons. The fourth-order valence-corrected chi connectivity index (χ4v) is 3.46. The molecule has 0 aliphatic heterocycles. The molecule has 0 aliphatic carbocycles. The van der Waals surface area contributed by atoms with Gasteiger partial charge < -0.3 is 5.11 Å². The van der Waals surface area contributed by atoms with E-state index in [0.717, 1.165) is 6.26 Å². The lowest BCUT2D eigenvalue weighted by Crippen LogP contribution is -2.45. The lowest BCUT2D eigenvalue weighted by Gasteiger charge is -2.13. The summed E-state index contributed by atoms with van der Waals surface area (Å²) in [6.45, 7) is 0. The van der Waals surface area contributed by atoms with Crippen molar-refractivity contribution in [3.63, 3.8) is 0 Å². The van der Waals surface area contributed by atoms with Gasteiger partial charge in [-0.2, -0.15) is 4.72 Å². The van der Waals surface area contributed by atoms with Crippen LogP contribution in [0.2, 0.25) is 0 Å². The number of hydrogen-bond donors (Lipinski definition) is 2. The molecule has 0 fully saturated rings. The first kappa shape index (κ1) is 15.6. The topological polar surface area (TPSA) is 118 Å². The van der Waals surface area contributed by atoms with E-state index in [1.807, 2.05) is 4.72 Å². The van der Waals surface area contributed by atoms with Crippen LogP contribution in [0.25, 0.3) is 0 Å². The quantitative estimate of drug-likeness (QED) is 0.729. The molecule has 1 atom stereocenters. The number of benzene rings is 1. The minimum Gasteiger partial charge on any atom is -0.480 e. The summed E-state index contributed by atoms with van der Waals surface area (Å²) in [5, 5.41) is 8.86. The third kappa shape index (κ3) is 4.97. The second-order valence-corrected chi connectivity index (χ2v) is 7.82. The van der Waals surface area contributed by atoms with E-state index in [1.165, 1.54) is 24.3 Å². The van der Waals surface area contributed by atoms with Crippen molar-refractivity contribution in [1.29, 1.82) is 0 Å². The van der Waals surface area contributed by atoms with E-state index in [4.69, 9.17) is 5.11 Å². The number of hydrogen-bond acceptors (Lipinski definition) is 5. The standard InChI is InChI=1S/C10H13NO6S2/c1-18(14,15)7-9(10(12)13)11-19(16,17)8-5-3-2-4-6-8/h2-6,9,11H,7H2,1H3,(H,12,13). The van der Waals surface area contributed by atoms with Gasteiger partial charge in [0.2, 0.25) is 10.0 Å². The van der Waals surface area contributed by atoms with Crippen LogP contribution in [0.15, 0.2) is 35.2 Å². The van der Waals surface area contributed by atoms with Crippen molar-refractivity contribution in [3.8, 4) is 0 Å². The Bertz CT molecular complexity index is 651. The average molecular weight is 307 g/mol. The normalized spacial score (nSPS) is 13.9. The third-order valence-corrected chi connectivity index (χ3v) is 4.54. The molecule has 19 heavy (non-hydrogen) atoms. The molecule has 0 saturated carbocycles. The number of carbonyl (C=O) groups is 1. The van der Waals surface area contributed by atoms with E-state index in [1.54, 1.807) is 6.07 Å². The van der Waals surface area contributed by atoms with Gasteiger partial charge in [0, 0.05) is 6.26 Å². The zero-order valence-electron chi connectivity index (χ0n) is 9.98. The first-order valence-electron chi connectivity index (χ1n) is 5.10. The molecule has 1 unspecified atom stereocenters. The van der Waals surface area contributed by atoms with Crippen LogP contribution in [0.1, 0.15) is 0 Å². The summed E-state index contributed by atoms with van der Waals surface area (Å²) in [6.07, 6.45) is 0.833. The summed E-state index contributed by atoms with van der Waals surface area (Å²) < 4.78 is 47.7. The number of rotatable bonds is 6. The fourth-order valence-electron chi connectivity index (χ4n) is 1.31. The molecule has 0 saturated heterocycles. The monoisotopic (exact) mass is 307 g/mol. The zero-order chi connectivity index (χ0) is 14.7. The molecule has 1 aromatic rings. The highest BCUT2D eigenvalue weighted by Gasteiger charge is 2.28. The lowest BCUT2D eigenvalue weighted by molar-refractivity contribution is -0.138. The van der Waals surface area contributed by atoms with Crippen molar-refractivity contribution in [1.82, 2.24) is 4.72 Å². The highest BCUT2D eigenvalue weighted by Crippen LogP contribution is 2.08. The molecule has 0 spiro atoms. The minimum absolute atomic E-state index is 0.130. The van der Waals surface area contributed by atoms with Crippen LogP contribution < -0.4 is 4.72 Å². The summed E-state index contributed by atoms with van der Waals surface area (Å²) in [5.41, 5.74) is 0. The van der Waals surface area contributed by atoms with Gasteiger partial charge in [0.05, 0.1) is 10.6 Å². The molecule has 0 heterocycles. The third-order valence-electron chi connectivity index (χ3n) is 2.12. The van der Waals surface area contributed by atoms with E-state index in [2.05, 4.69) is 0 Å². The van der Waals surface area contributed by atoms with E-state index in [-0.39, 0.29) is 4.90 Å². The van der Waals surface area contributed by atoms with Crippen molar-refractivity contribution >= 4 is 25.8 Å². The Balaban J connectivity index is 3.01. The summed E-state index contributed by atoms with van der Waals surface area (Å²) in [7, 11) is -7.70. The Morgan fingerprint density at radius 1 is 1.21 bits per heavy atom. The second-order valence-electron chi connectivity index (χ2n) is 3.92. The molecule has 106 valence electrons. The molecule has 7 nitrogen and oxygen atoms in total. The predicted molar refractivity (Wildman–Crippen MR) is 67.9 cm³/mol. The molecule has 0 aromatic heterocycles. The van der Waals surface area contributed by atoms with Gasteiger partial charge in [-0.25, -0.2) is 16.8 Å². The van der Waals surface area contributed by atoms with Crippen LogP contribution in [0.5, 0.6) is 0 Å². The van der Waals surface area contributed by atoms with Gasteiger partial charge in [-0.05, 0) is 12.1 Å². The van der Waals surface area contributed by atoms with E-state index in [9.17, 15) is 21.6 Å². The van der Waals surface area contributed by atoms with E-state index >= 15 is 0 Å². The maximum atomic E-state index is 11.9. The van der Waals surface area contributed by atoms with Crippen molar-refractivity contribution in [2.75, 3.05) is 12.0 Å². The number of carboxylic acid groups (broad SMARTS) is 1. The number of sulfonamides is 1. The van der Waals surface area contributed by atoms with Crippen LogP contribution in [0, 0.1) is 0 Å². The molecule has 1 aromatic carbocycles. The van der Waals surface area contributed by atoms with Gasteiger partial charge >= 0.3 is 5.97 Å². The first-order chi connectivity index (χ1) is 8.62. The Morgan fingerprint density at radius 3 is 2.16 bits per heavy atom. The van der Waals surface area contributed by atoms with Gasteiger partial charge in [0.25, 0.3) is 0 Å². The summed E-state index contributed by atoms with van der Waals surface area (Å²) in [5.74, 6) is -2.36. The maximum absolute atomic E-state index is 11.9.